The molecule has 2 N–H and O–H groups in total. The van der Waals surface area contributed by atoms with Crippen LogP contribution in [0.3, 0.4) is 0 Å². The molecule has 0 atom stereocenters. The molecule has 0 aliphatic rings. The number of amides is 1. The fourth-order valence-electron chi connectivity index (χ4n) is 1.43. The first-order chi connectivity index (χ1) is 8.16. The first-order valence-electron chi connectivity index (χ1n) is 5.17. The average molecular weight is 248 g/mol. The molecule has 1 amide bonds. The normalized spacial score (nSPS) is 10.2. The second-order valence-electron chi connectivity index (χ2n) is 3.65. The molecule has 0 aromatic carbocycles. The monoisotopic (exact) mass is 248 g/mol. The van der Waals surface area contributed by atoms with Crippen LogP contribution in [0.15, 0.2) is 34.6 Å². The van der Waals surface area contributed by atoms with Crippen molar-refractivity contribution < 1.29 is 4.79 Å². The lowest BCUT2D eigenvalue weighted by Crippen LogP contribution is -2.24. The van der Waals surface area contributed by atoms with E-state index >= 15 is 0 Å². The van der Waals surface area contributed by atoms with E-state index in [1.165, 1.54) is 17.8 Å². The maximum atomic E-state index is 11.7. The minimum absolute atomic E-state index is 0.232. The summed E-state index contributed by atoms with van der Waals surface area (Å²) < 4.78 is 0. The van der Waals surface area contributed by atoms with Crippen LogP contribution < -0.4 is 10.9 Å². The Morgan fingerprint density at radius 1 is 1.47 bits per heavy atom. The molecule has 88 valence electrons. The zero-order chi connectivity index (χ0) is 12.3. The van der Waals surface area contributed by atoms with Crippen LogP contribution >= 0.6 is 11.3 Å². The van der Waals surface area contributed by atoms with Gasteiger partial charge in [0.2, 0.25) is 5.56 Å². The molecule has 0 aliphatic heterocycles. The molecule has 0 unspecified atom stereocenters. The van der Waals surface area contributed by atoms with Gasteiger partial charge in [0.1, 0.15) is 0 Å². The van der Waals surface area contributed by atoms with Crippen LogP contribution in [0.2, 0.25) is 0 Å². The molecule has 0 spiro atoms. The van der Waals surface area contributed by atoms with Crippen molar-refractivity contribution in [2.24, 2.45) is 0 Å². The zero-order valence-electron chi connectivity index (χ0n) is 9.32. The van der Waals surface area contributed by atoms with Gasteiger partial charge in [0.25, 0.3) is 5.91 Å². The molecular formula is C12H12N2O2S. The lowest BCUT2D eigenvalue weighted by Gasteiger charge is -2.04. The predicted molar refractivity (Wildman–Crippen MR) is 67.3 cm³/mol. The third-order valence-electron chi connectivity index (χ3n) is 2.41. The molecule has 0 aliphatic carbocycles. The second-order valence-corrected chi connectivity index (χ2v) is 4.65. The number of rotatable bonds is 3. The van der Waals surface area contributed by atoms with Crippen LogP contribution in [-0.4, -0.2) is 10.9 Å². The lowest BCUT2D eigenvalue weighted by molar-refractivity contribution is 0.0951. The summed E-state index contributed by atoms with van der Waals surface area (Å²) in [7, 11) is 0. The summed E-state index contributed by atoms with van der Waals surface area (Å²) in [4.78, 5) is 26.4. The lowest BCUT2D eigenvalue weighted by atomic mass is 10.2. The number of aromatic amines is 1. The molecular weight excluding hydrogens is 236 g/mol. The Balaban J connectivity index is 2.03. The maximum Gasteiger partial charge on any atom is 0.251 e. The fourth-order valence-corrected chi connectivity index (χ4v) is 2.28. The fraction of sp³-hybridized carbons (Fsp3) is 0.167. The molecule has 0 fully saturated rings. The van der Waals surface area contributed by atoms with Gasteiger partial charge in [-0.1, -0.05) is 0 Å². The third kappa shape index (κ3) is 2.82. The molecule has 2 rings (SSSR count). The van der Waals surface area contributed by atoms with Gasteiger partial charge in [-0.25, -0.2) is 0 Å². The van der Waals surface area contributed by atoms with Crippen molar-refractivity contribution in [2.45, 2.75) is 13.5 Å². The van der Waals surface area contributed by atoms with E-state index in [9.17, 15) is 9.59 Å². The number of H-pyrrole nitrogens is 1. The molecule has 0 saturated heterocycles. The first kappa shape index (κ1) is 11.6. The van der Waals surface area contributed by atoms with E-state index in [1.54, 1.807) is 17.4 Å². The summed E-state index contributed by atoms with van der Waals surface area (Å²) >= 11 is 1.61. The van der Waals surface area contributed by atoms with Crippen molar-refractivity contribution in [1.29, 1.82) is 0 Å². The van der Waals surface area contributed by atoms with Crippen LogP contribution in [-0.2, 0) is 6.54 Å². The highest BCUT2D eigenvalue weighted by molar-refractivity contribution is 7.10. The number of thiophene rings is 1. The van der Waals surface area contributed by atoms with Crippen LogP contribution in [0.5, 0.6) is 0 Å². The summed E-state index contributed by atoms with van der Waals surface area (Å²) in [5, 5.41) is 4.78. The van der Waals surface area contributed by atoms with Crippen LogP contribution in [0.4, 0.5) is 0 Å². The van der Waals surface area contributed by atoms with Gasteiger partial charge in [0.15, 0.2) is 0 Å². The highest BCUT2D eigenvalue weighted by atomic mass is 32.1. The van der Waals surface area contributed by atoms with Gasteiger partial charge >= 0.3 is 0 Å². The highest BCUT2D eigenvalue weighted by Gasteiger charge is 2.06. The van der Waals surface area contributed by atoms with Crippen LogP contribution in [0.25, 0.3) is 0 Å². The molecule has 4 nitrogen and oxygen atoms in total. The Morgan fingerprint density at radius 2 is 2.29 bits per heavy atom. The number of carbonyl (C=O) groups is 1. The second kappa shape index (κ2) is 4.97. The minimum Gasteiger partial charge on any atom is -0.347 e. The number of nitrogens with one attached hydrogen (secondary N) is 2. The molecule has 5 heteroatoms. The Hall–Kier alpha value is -1.88. The number of hydrogen-bond donors (Lipinski definition) is 2. The van der Waals surface area contributed by atoms with Gasteiger partial charge in [-0.05, 0) is 30.0 Å². The van der Waals surface area contributed by atoms with Crippen LogP contribution in [0.1, 0.15) is 20.8 Å². The van der Waals surface area contributed by atoms with Gasteiger partial charge in [-0.2, -0.15) is 0 Å². The van der Waals surface area contributed by atoms with Gasteiger partial charge < -0.3 is 10.3 Å². The quantitative estimate of drug-likeness (QED) is 0.868. The maximum absolute atomic E-state index is 11.7. The van der Waals surface area contributed by atoms with E-state index in [0.717, 1.165) is 4.88 Å². The van der Waals surface area contributed by atoms with E-state index in [0.29, 0.717) is 12.1 Å². The van der Waals surface area contributed by atoms with E-state index in [1.807, 2.05) is 18.4 Å². The van der Waals surface area contributed by atoms with Crippen molar-refractivity contribution in [1.82, 2.24) is 10.3 Å². The standard InChI is InChI=1S/C12H12N2O2S/c1-8-3-5-17-10(8)7-14-12(16)9-2-4-13-11(15)6-9/h2-6H,7H2,1H3,(H,13,15)(H,14,16). The van der Waals surface area contributed by atoms with E-state index in [4.69, 9.17) is 0 Å². The predicted octanol–water partition coefficient (Wildman–Crippen LogP) is 1.67. The van der Waals surface area contributed by atoms with Crippen LogP contribution in [0, 0.1) is 6.92 Å². The SMILES string of the molecule is Cc1ccsc1CNC(=O)c1cc[nH]c(=O)c1. The highest BCUT2D eigenvalue weighted by Crippen LogP contribution is 2.14. The Bertz CT molecular complexity index is 586. The summed E-state index contributed by atoms with van der Waals surface area (Å²) in [6.45, 7) is 2.50. The van der Waals surface area contributed by atoms with Crippen molar-refractivity contribution >= 4 is 17.2 Å². The van der Waals surface area contributed by atoms with Crippen molar-refractivity contribution in [2.75, 3.05) is 0 Å². The first-order valence-corrected chi connectivity index (χ1v) is 6.04. The van der Waals surface area contributed by atoms with Gasteiger partial charge in [-0.3, -0.25) is 9.59 Å². The van der Waals surface area contributed by atoms with E-state index in [2.05, 4.69) is 10.3 Å². The molecule has 0 bridgehead atoms. The summed E-state index contributed by atoms with van der Waals surface area (Å²) in [5.41, 5.74) is 1.27. The number of pyridine rings is 1. The summed E-state index contributed by atoms with van der Waals surface area (Å²) in [6.07, 6.45) is 1.47. The molecule has 2 aromatic heterocycles. The summed E-state index contributed by atoms with van der Waals surface area (Å²) in [5.74, 6) is -0.232. The van der Waals surface area contributed by atoms with E-state index < -0.39 is 0 Å². The van der Waals surface area contributed by atoms with Gasteiger partial charge in [0, 0.05) is 22.7 Å². The Kier molecular flexibility index (Phi) is 3.39. The number of hydrogen-bond acceptors (Lipinski definition) is 3. The summed E-state index contributed by atoms with van der Waals surface area (Å²) in [6, 6.07) is 4.88. The molecule has 0 saturated carbocycles. The van der Waals surface area contributed by atoms with Crippen molar-refractivity contribution in [3.8, 4) is 0 Å². The van der Waals surface area contributed by atoms with Crippen molar-refractivity contribution in [3.63, 3.8) is 0 Å². The average Bonchev–Trinajstić information content (AvgIpc) is 2.72. The topological polar surface area (TPSA) is 62.0 Å². The number of aryl methyl sites for hydroxylation is 1. The van der Waals surface area contributed by atoms with Gasteiger partial charge in [-0.15, -0.1) is 11.3 Å². The largest absolute Gasteiger partial charge is 0.347 e. The van der Waals surface area contributed by atoms with E-state index in [-0.39, 0.29) is 11.5 Å². The molecule has 2 heterocycles. The Labute approximate surface area is 102 Å². The van der Waals surface area contributed by atoms with Gasteiger partial charge in [0.05, 0.1) is 6.54 Å². The molecule has 17 heavy (non-hydrogen) atoms. The number of carbonyl (C=O) groups excluding carboxylic acids is 1. The third-order valence-corrected chi connectivity index (χ3v) is 3.44. The molecule has 0 radical (unpaired) electrons. The number of aromatic nitrogens is 1. The molecule has 2 aromatic rings. The smallest absolute Gasteiger partial charge is 0.251 e. The minimum atomic E-state index is -0.273. The van der Waals surface area contributed by atoms with Crippen molar-refractivity contribution in [3.05, 3.63) is 56.1 Å². The zero-order valence-corrected chi connectivity index (χ0v) is 10.1. The Morgan fingerprint density at radius 3 is 2.94 bits per heavy atom.